The van der Waals surface area contributed by atoms with Gasteiger partial charge in [-0.3, -0.25) is 0 Å². The average Bonchev–Trinajstić information content (AvgIpc) is 3.03. The molecule has 4 aliphatic rings. The van der Waals surface area contributed by atoms with E-state index in [0.717, 1.165) is 31.1 Å². The van der Waals surface area contributed by atoms with Crippen LogP contribution in [-0.2, 0) is 0 Å². The van der Waals surface area contributed by atoms with E-state index < -0.39 is 5.60 Å². The Balaban J connectivity index is 1.71. The fraction of sp³-hybridized carbons (Fsp3) is 1.00. The summed E-state index contributed by atoms with van der Waals surface area (Å²) in [5.41, 5.74) is -0.0304. The molecule has 3 heteroatoms. The van der Waals surface area contributed by atoms with Crippen molar-refractivity contribution in [2.75, 3.05) is 20.6 Å². The minimum absolute atomic E-state index is 0.0301. The fourth-order valence-electron chi connectivity index (χ4n) is 10.7. The van der Waals surface area contributed by atoms with Crippen LogP contribution < -0.4 is 0 Å². The molecule has 0 heterocycles. The van der Waals surface area contributed by atoms with Crippen LogP contribution in [0.3, 0.4) is 0 Å². The Bertz CT molecular complexity index is 711. The molecule has 192 valence electrons. The maximum absolute atomic E-state index is 12.6. The molecule has 4 aliphatic carbocycles. The van der Waals surface area contributed by atoms with Crippen molar-refractivity contribution < 1.29 is 10.2 Å². The zero-order chi connectivity index (χ0) is 24.6. The van der Waals surface area contributed by atoms with Crippen LogP contribution in [0.2, 0.25) is 0 Å². The van der Waals surface area contributed by atoms with Crippen LogP contribution in [0.15, 0.2) is 0 Å². The lowest BCUT2D eigenvalue weighted by molar-refractivity contribution is -0.264. The van der Waals surface area contributed by atoms with Gasteiger partial charge in [0, 0.05) is 0 Å². The van der Waals surface area contributed by atoms with Crippen molar-refractivity contribution in [3.05, 3.63) is 0 Å². The zero-order valence-corrected chi connectivity index (χ0v) is 23.3. The van der Waals surface area contributed by atoms with Gasteiger partial charge in [-0.2, -0.15) is 0 Å². The van der Waals surface area contributed by atoms with Crippen LogP contribution in [0.4, 0.5) is 0 Å². The molecule has 0 saturated heterocycles. The molecule has 4 saturated carbocycles. The van der Waals surface area contributed by atoms with Gasteiger partial charge in [0.25, 0.3) is 0 Å². The van der Waals surface area contributed by atoms with E-state index in [1.807, 2.05) is 0 Å². The van der Waals surface area contributed by atoms with Gasteiger partial charge in [0.2, 0.25) is 0 Å². The van der Waals surface area contributed by atoms with Crippen LogP contribution in [0, 0.1) is 57.7 Å². The maximum atomic E-state index is 12.6. The summed E-state index contributed by atoms with van der Waals surface area (Å²) in [7, 11) is 4.39. The summed E-state index contributed by atoms with van der Waals surface area (Å²) in [5, 5.41) is 23.3. The Morgan fingerprint density at radius 2 is 1.52 bits per heavy atom. The third-order valence-corrected chi connectivity index (χ3v) is 11.9. The molecule has 3 nitrogen and oxygen atoms in total. The summed E-state index contributed by atoms with van der Waals surface area (Å²) in [6.07, 6.45) is 9.29. The first-order valence-electron chi connectivity index (χ1n) is 14.2. The van der Waals surface area contributed by atoms with E-state index in [9.17, 15) is 10.2 Å². The average molecular weight is 462 g/mol. The van der Waals surface area contributed by atoms with Crippen molar-refractivity contribution in [3.63, 3.8) is 0 Å². The fourth-order valence-corrected chi connectivity index (χ4v) is 10.7. The van der Waals surface area contributed by atoms with E-state index in [2.05, 4.69) is 67.5 Å². The number of nitrogens with zero attached hydrogens (tertiary/aromatic N) is 1. The minimum Gasteiger partial charge on any atom is -0.393 e. The van der Waals surface area contributed by atoms with Crippen molar-refractivity contribution in [1.82, 2.24) is 4.90 Å². The smallest absolute Gasteiger partial charge is 0.0689 e. The van der Waals surface area contributed by atoms with Crippen molar-refractivity contribution in [2.45, 2.75) is 112 Å². The Kier molecular flexibility index (Phi) is 6.67. The molecular formula is C30H55NO2. The van der Waals surface area contributed by atoms with Gasteiger partial charge in [0.1, 0.15) is 0 Å². The Morgan fingerprint density at radius 3 is 2.12 bits per heavy atom. The topological polar surface area (TPSA) is 43.7 Å². The van der Waals surface area contributed by atoms with Gasteiger partial charge in [-0.25, -0.2) is 0 Å². The number of aliphatic hydroxyl groups excluding tert-OH is 1. The summed E-state index contributed by atoms with van der Waals surface area (Å²) in [6, 6.07) is 0. The van der Waals surface area contributed by atoms with Crippen LogP contribution in [0.5, 0.6) is 0 Å². The highest BCUT2D eigenvalue weighted by Crippen LogP contribution is 2.72. The quantitative estimate of drug-likeness (QED) is 0.522. The van der Waals surface area contributed by atoms with Gasteiger partial charge >= 0.3 is 0 Å². The van der Waals surface area contributed by atoms with Crippen molar-refractivity contribution in [2.24, 2.45) is 57.7 Å². The largest absolute Gasteiger partial charge is 0.393 e. The number of aliphatic hydroxyl groups is 2. The highest BCUT2D eigenvalue weighted by atomic mass is 16.3. The molecular weight excluding hydrogens is 406 g/mol. The Labute approximate surface area is 205 Å². The first kappa shape index (κ1) is 26.0. The van der Waals surface area contributed by atoms with Crippen LogP contribution in [-0.4, -0.2) is 47.5 Å². The summed E-state index contributed by atoms with van der Waals surface area (Å²) >= 11 is 0. The maximum Gasteiger partial charge on any atom is 0.0689 e. The Morgan fingerprint density at radius 1 is 0.909 bits per heavy atom. The molecule has 4 fully saturated rings. The van der Waals surface area contributed by atoms with Gasteiger partial charge < -0.3 is 15.1 Å². The van der Waals surface area contributed by atoms with Gasteiger partial charge in [-0.15, -0.1) is 0 Å². The van der Waals surface area contributed by atoms with E-state index in [4.69, 9.17) is 0 Å². The summed E-state index contributed by atoms with van der Waals surface area (Å²) in [5.74, 6) is 3.80. The molecule has 2 N–H and O–H groups in total. The molecule has 0 aliphatic heterocycles. The Hall–Kier alpha value is -0.120. The van der Waals surface area contributed by atoms with Crippen LogP contribution >= 0.6 is 0 Å². The molecule has 33 heavy (non-hydrogen) atoms. The van der Waals surface area contributed by atoms with E-state index in [1.54, 1.807) is 0 Å². The third kappa shape index (κ3) is 4.05. The first-order chi connectivity index (χ1) is 15.1. The van der Waals surface area contributed by atoms with Crippen LogP contribution in [0.1, 0.15) is 99.8 Å². The second-order valence-electron chi connectivity index (χ2n) is 15.1. The highest BCUT2D eigenvalue weighted by Gasteiger charge is 2.69. The van der Waals surface area contributed by atoms with Gasteiger partial charge in [-0.05, 0) is 137 Å². The number of fused-ring (bicyclic) bond motifs is 5. The zero-order valence-electron chi connectivity index (χ0n) is 23.3. The van der Waals surface area contributed by atoms with Crippen molar-refractivity contribution >= 4 is 0 Å². The monoisotopic (exact) mass is 461 g/mol. The molecule has 0 aromatic heterocycles. The van der Waals surface area contributed by atoms with Gasteiger partial charge in [0.15, 0.2) is 0 Å². The lowest BCUT2D eigenvalue weighted by atomic mass is 9.37. The van der Waals surface area contributed by atoms with Crippen LogP contribution in [0.25, 0.3) is 0 Å². The van der Waals surface area contributed by atoms with E-state index in [0.29, 0.717) is 29.1 Å². The molecule has 0 bridgehead atoms. The normalized spacial score (nSPS) is 51.1. The molecule has 0 radical (unpaired) electrons. The molecule has 0 spiro atoms. The second-order valence-corrected chi connectivity index (χ2v) is 15.1. The standard InChI is InChI=1S/C30H55NO2/c1-19(14-17-31(8)9)21-10-11-22-25-23(13-16-28(21,22)5)29(6)15-12-20(32)18-24(29)26(27(2,3)4)30(25,7)33/h19-26,32-33H,10-18H2,1-9H3/t19-,20-,21-,22?,23?,24+,25?,26+,28-,29-,30?/m1/s1. The SMILES string of the molecule is C[C@H](CCN(C)C)[C@H]1CCC2C3C(CC[C@@]21C)[C@@]1(C)CC[C@@H](O)C[C@H]1[C@@H](C(C)(C)C)C3(C)O. The lowest BCUT2D eigenvalue weighted by Crippen LogP contribution is -2.69. The molecule has 4 rings (SSSR count). The van der Waals surface area contributed by atoms with Crippen molar-refractivity contribution in [1.29, 1.82) is 0 Å². The summed E-state index contributed by atoms with van der Waals surface area (Å²) in [4.78, 5) is 2.33. The molecule has 0 aromatic rings. The number of rotatable bonds is 4. The lowest BCUT2D eigenvalue weighted by Gasteiger charge is -2.69. The highest BCUT2D eigenvalue weighted by molar-refractivity contribution is 5.18. The minimum atomic E-state index is -0.668. The second kappa shape index (κ2) is 8.48. The predicted octanol–water partition coefficient (Wildman–Crippen LogP) is 6.23. The van der Waals surface area contributed by atoms with E-state index in [1.165, 1.54) is 38.6 Å². The third-order valence-electron chi connectivity index (χ3n) is 11.9. The number of hydrogen-bond donors (Lipinski definition) is 2. The van der Waals surface area contributed by atoms with E-state index in [-0.39, 0.29) is 22.9 Å². The summed E-state index contributed by atoms with van der Waals surface area (Å²) in [6.45, 7) is 18.1. The van der Waals surface area contributed by atoms with Gasteiger partial charge in [-0.1, -0.05) is 41.5 Å². The van der Waals surface area contributed by atoms with Gasteiger partial charge in [0.05, 0.1) is 11.7 Å². The molecule has 11 atom stereocenters. The molecule has 4 unspecified atom stereocenters. The first-order valence-corrected chi connectivity index (χ1v) is 14.2. The molecule has 0 aromatic carbocycles. The van der Waals surface area contributed by atoms with E-state index >= 15 is 0 Å². The molecule has 0 amide bonds. The predicted molar refractivity (Wildman–Crippen MR) is 138 cm³/mol. The summed E-state index contributed by atoms with van der Waals surface area (Å²) < 4.78 is 0. The number of hydrogen-bond acceptors (Lipinski definition) is 3. The van der Waals surface area contributed by atoms with Crippen molar-refractivity contribution in [3.8, 4) is 0 Å².